The zero-order valence-electron chi connectivity index (χ0n) is 15.5. The summed E-state index contributed by atoms with van der Waals surface area (Å²) in [4.78, 5) is 35.3. The minimum Gasteiger partial charge on any atom is -0.458 e. The van der Waals surface area contributed by atoms with E-state index in [-0.39, 0.29) is 33.8 Å². The second kappa shape index (κ2) is 5.65. The summed E-state index contributed by atoms with van der Waals surface area (Å²) in [5.41, 5.74) is -1.02. The number of nitro benzene ring substituents is 1. The molecule has 0 amide bonds. The van der Waals surface area contributed by atoms with Crippen molar-refractivity contribution < 1.29 is 18.9 Å². The average molecular weight is 371 g/mol. The molecule has 2 bridgehead atoms. The van der Waals surface area contributed by atoms with Crippen molar-refractivity contribution in [2.24, 2.45) is 16.7 Å². The molecule has 27 heavy (non-hydrogen) atoms. The number of hydrogen-bond acceptors (Lipinski definition) is 6. The van der Waals surface area contributed by atoms with E-state index in [1.165, 1.54) is 24.3 Å². The summed E-state index contributed by atoms with van der Waals surface area (Å²) < 4.78 is 10.9. The van der Waals surface area contributed by atoms with Crippen LogP contribution in [0, 0.1) is 26.9 Å². The zero-order chi connectivity index (χ0) is 19.6. The summed E-state index contributed by atoms with van der Waals surface area (Å²) in [6.45, 7) is 6.56. The second-order valence-corrected chi connectivity index (χ2v) is 8.43. The molecular formula is C20H21NO6. The van der Waals surface area contributed by atoms with Crippen LogP contribution in [0.15, 0.2) is 33.5 Å². The van der Waals surface area contributed by atoms with Gasteiger partial charge in [-0.1, -0.05) is 20.8 Å². The molecule has 2 aromatic rings. The molecule has 0 saturated heterocycles. The number of rotatable bonds is 3. The number of nitrogens with zero attached hydrogens (tertiary/aromatic N) is 1. The minimum absolute atomic E-state index is 0.0760. The van der Waals surface area contributed by atoms with Crippen LogP contribution >= 0.6 is 0 Å². The molecular weight excluding hydrogens is 350 g/mol. The first-order valence-corrected chi connectivity index (χ1v) is 9.07. The first-order chi connectivity index (χ1) is 12.6. The van der Waals surface area contributed by atoms with Gasteiger partial charge in [-0.2, -0.15) is 0 Å². The standard InChI is InChI=1S/C20H21NO6/c1-19(2)12-6-7-20(19,3)16(10-12)27-18(23)14-9-11-8-13(21(24)25)4-5-15(11)26-17(14)22/h4-5,8-9,12,16H,6-7,10H2,1-3H3/t12-,16+,20+/m1/s1. The molecule has 1 aromatic heterocycles. The third-order valence-electron chi connectivity index (χ3n) is 7.11. The molecule has 2 aliphatic carbocycles. The Morgan fingerprint density at radius 2 is 2.04 bits per heavy atom. The van der Waals surface area contributed by atoms with Crippen LogP contribution in [0.1, 0.15) is 50.4 Å². The van der Waals surface area contributed by atoms with Crippen molar-refractivity contribution in [2.75, 3.05) is 0 Å². The largest absolute Gasteiger partial charge is 0.458 e. The quantitative estimate of drug-likeness (QED) is 0.349. The van der Waals surface area contributed by atoms with E-state index < -0.39 is 16.5 Å². The predicted molar refractivity (Wildman–Crippen MR) is 97.6 cm³/mol. The third kappa shape index (κ3) is 2.48. The van der Waals surface area contributed by atoms with Crippen LogP contribution < -0.4 is 5.63 Å². The molecule has 2 saturated carbocycles. The number of fused-ring (bicyclic) bond motifs is 3. The molecule has 2 aliphatic rings. The van der Waals surface area contributed by atoms with E-state index in [1.54, 1.807) is 0 Å². The van der Waals surface area contributed by atoms with Crippen LogP contribution in [0.2, 0.25) is 0 Å². The Labute approximate surface area is 155 Å². The van der Waals surface area contributed by atoms with Gasteiger partial charge in [0.2, 0.25) is 0 Å². The first-order valence-electron chi connectivity index (χ1n) is 9.07. The summed E-state index contributed by atoms with van der Waals surface area (Å²) in [6, 6.07) is 5.19. The van der Waals surface area contributed by atoms with E-state index >= 15 is 0 Å². The van der Waals surface area contributed by atoms with Gasteiger partial charge in [0.15, 0.2) is 0 Å². The molecule has 7 nitrogen and oxygen atoms in total. The van der Waals surface area contributed by atoms with Gasteiger partial charge in [-0.15, -0.1) is 0 Å². The van der Waals surface area contributed by atoms with Crippen molar-refractivity contribution in [3.8, 4) is 0 Å². The molecule has 142 valence electrons. The minimum atomic E-state index is -0.797. The first kappa shape index (κ1) is 17.7. The van der Waals surface area contributed by atoms with E-state index in [4.69, 9.17) is 9.15 Å². The van der Waals surface area contributed by atoms with Crippen LogP contribution in [0.4, 0.5) is 5.69 Å². The molecule has 3 atom stereocenters. The van der Waals surface area contributed by atoms with Crippen LogP contribution in [-0.2, 0) is 4.74 Å². The maximum absolute atomic E-state index is 12.7. The van der Waals surface area contributed by atoms with Gasteiger partial charge in [0.1, 0.15) is 17.3 Å². The average Bonchev–Trinajstić information content (AvgIpc) is 2.94. The van der Waals surface area contributed by atoms with Crippen LogP contribution in [-0.4, -0.2) is 17.0 Å². The van der Waals surface area contributed by atoms with Crippen molar-refractivity contribution in [3.63, 3.8) is 0 Å². The summed E-state index contributed by atoms with van der Waals surface area (Å²) in [6.07, 6.45) is 2.65. The number of esters is 1. The fraction of sp³-hybridized carbons (Fsp3) is 0.500. The highest BCUT2D eigenvalue weighted by Crippen LogP contribution is 2.66. The SMILES string of the molecule is CC1(C)[C@@H]2CC[C@@]1(C)[C@@H](OC(=O)c1cc3cc([N+](=O)[O-])ccc3oc1=O)C2. The van der Waals surface area contributed by atoms with Crippen molar-refractivity contribution in [2.45, 2.75) is 46.1 Å². The topological polar surface area (TPSA) is 99.7 Å². The van der Waals surface area contributed by atoms with Crippen molar-refractivity contribution in [1.29, 1.82) is 0 Å². The molecule has 0 N–H and O–H groups in total. The van der Waals surface area contributed by atoms with Crippen LogP contribution in [0.25, 0.3) is 11.0 Å². The normalized spacial score (nSPS) is 28.4. The maximum atomic E-state index is 12.7. The van der Waals surface area contributed by atoms with Gasteiger partial charge in [-0.3, -0.25) is 10.1 Å². The number of carbonyl (C=O) groups excluding carboxylic acids is 1. The Morgan fingerprint density at radius 3 is 2.63 bits per heavy atom. The van der Waals surface area contributed by atoms with E-state index in [2.05, 4.69) is 20.8 Å². The molecule has 0 unspecified atom stereocenters. The van der Waals surface area contributed by atoms with Crippen molar-refractivity contribution >= 4 is 22.6 Å². The summed E-state index contributed by atoms with van der Waals surface area (Å²) in [5, 5.41) is 11.3. The lowest BCUT2D eigenvalue weighted by Crippen LogP contribution is -2.38. The number of benzene rings is 1. The van der Waals surface area contributed by atoms with Crippen LogP contribution in [0.3, 0.4) is 0 Å². The fourth-order valence-corrected chi connectivity index (χ4v) is 4.87. The molecule has 0 radical (unpaired) electrons. The molecule has 1 heterocycles. The van der Waals surface area contributed by atoms with E-state index in [1.807, 2.05) is 0 Å². The van der Waals surface area contributed by atoms with E-state index in [9.17, 15) is 19.7 Å². The van der Waals surface area contributed by atoms with Crippen LogP contribution in [0.5, 0.6) is 0 Å². The Balaban J connectivity index is 1.66. The summed E-state index contributed by atoms with van der Waals surface area (Å²) >= 11 is 0. The van der Waals surface area contributed by atoms with Gasteiger partial charge in [0, 0.05) is 22.9 Å². The maximum Gasteiger partial charge on any atom is 0.351 e. The lowest BCUT2D eigenvalue weighted by Gasteiger charge is -2.38. The lowest BCUT2D eigenvalue weighted by molar-refractivity contribution is -0.384. The molecule has 4 rings (SSSR count). The van der Waals surface area contributed by atoms with Gasteiger partial charge >= 0.3 is 11.6 Å². The number of non-ortho nitro benzene ring substituents is 1. The summed E-state index contributed by atoms with van der Waals surface area (Å²) in [7, 11) is 0. The van der Waals surface area contributed by atoms with E-state index in [0.717, 1.165) is 19.3 Å². The third-order valence-corrected chi connectivity index (χ3v) is 7.11. The lowest BCUT2D eigenvalue weighted by atomic mass is 9.70. The van der Waals surface area contributed by atoms with Gasteiger partial charge in [0.05, 0.1) is 4.92 Å². The van der Waals surface area contributed by atoms with Crippen molar-refractivity contribution in [1.82, 2.24) is 0 Å². The molecule has 7 heteroatoms. The number of nitro groups is 1. The predicted octanol–water partition coefficient (Wildman–Crippen LogP) is 4.07. The van der Waals surface area contributed by atoms with Crippen molar-refractivity contribution in [3.05, 3.63) is 50.4 Å². The highest BCUT2D eigenvalue weighted by molar-refractivity contribution is 5.93. The fourth-order valence-electron chi connectivity index (χ4n) is 4.87. The Kier molecular flexibility index (Phi) is 3.70. The van der Waals surface area contributed by atoms with E-state index in [0.29, 0.717) is 11.3 Å². The van der Waals surface area contributed by atoms with Gasteiger partial charge in [-0.25, -0.2) is 9.59 Å². The highest BCUT2D eigenvalue weighted by atomic mass is 16.6. The number of ether oxygens (including phenoxy) is 1. The molecule has 1 aromatic carbocycles. The molecule has 0 spiro atoms. The Bertz CT molecular complexity index is 1020. The molecule has 0 aliphatic heterocycles. The zero-order valence-corrected chi connectivity index (χ0v) is 15.5. The Hall–Kier alpha value is -2.70. The van der Waals surface area contributed by atoms with Gasteiger partial charge < -0.3 is 9.15 Å². The Morgan fingerprint density at radius 1 is 1.30 bits per heavy atom. The highest BCUT2D eigenvalue weighted by Gasteiger charge is 2.62. The monoisotopic (exact) mass is 371 g/mol. The van der Waals surface area contributed by atoms with Gasteiger partial charge in [0.25, 0.3) is 5.69 Å². The second-order valence-electron chi connectivity index (χ2n) is 8.43. The molecule has 2 fully saturated rings. The van der Waals surface area contributed by atoms with Gasteiger partial charge in [-0.05, 0) is 42.7 Å². The number of hydrogen-bond donors (Lipinski definition) is 0. The number of carbonyl (C=O) groups is 1. The smallest absolute Gasteiger partial charge is 0.351 e. The summed E-state index contributed by atoms with van der Waals surface area (Å²) in [5.74, 6) is -0.234.